The normalized spacial score (nSPS) is 14.2. The highest BCUT2D eigenvalue weighted by atomic mass is 16.2. The van der Waals surface area contributed by atoms with Gasteiger partial charge in [-0.15, -0.1) is 0 Å². The molecule has 21 heavy (non-hydrogen) atoms. The fraction of sp³-hybridized carbons (Fsp3) is 0.500. The molecule has 2 rings (SSSR count). The van der Waals surface area contributed by atoms with Crippen LogP contribution in [0.2, 0.25) is 0 Å². The summed E-state index contributed by atoms with van der Waals surface area (Å²) in [4.78, 5) is 25.9. The fourth-order valence-electron chi connectivity index (χ4n) is 2.42. The first-order chi connectivity index (χ1) is 9.97. The molecule has 5 heteroatoms. The van der Waals surface area contributed by atoms with Crippen LogP contribution < -0.4 is 11.1 Å². The Bertz CT molecular complexity index is 540. The Morgan fingerprint density at radius 1 is 1.43 bits per heavy atom. The van der Waals surface area contributed by atoms with Crippen molar-refractivity contribution in [2.45, 2.75) is 26.7 Å². The van der Waals surface area contributed by atoms with E-state index in [4.69, 9.17) is 5.73 Å². The van der Waals surface area contributed by atoms with Crippen molar-refractivity contribution >= 4 is 17.5 Å². The van der Waals surface area contributed by atoms with E-state index in [2.05, 4.69) is 19.2 Å². The minimum absolute atomic E-state index is 0.101. The Morgan fingerprint density at radius 3 is 2.90 bits per heavy atom. The zero-order valence-electron chi connectivity index (χ0n) is 12.7. The van der Waals surface area contributed by atoms with Crippen molar-refractivity contribution in [3.8, 4) is 0 Å². The molecule has 1 aliphatic rings. The van der Waals surface area contributed by atoms with Crippen molar-refractivity contribution in [2.24, 2.45) is 5.92 Å². The monoisotopic (exact) mass is 289 g/mol. The van der Waals surface area contributed by atoms with Gasteiger partial charge in [-0.2, -0.15) is 0 Å². The number of hydrogen-bond acceptors (Lipinski definition) is 3. The summed E-state index contributed by atoms with van der Waals surface area (Å²) in [6, 6.07) is 5.39. The van der Waals surface area contributed by atoms with E-state index in [1.54, 1.807) is 17.0 Å². The maximum Gasteiger partial charge on any atom is 0.254 e. The molecule has 1 heterocycles. The molecule has 5 nitrogen and oxygen atoms in total. The molecule has 0 fully saturated rings. The molecule has 114 valence electrons. The van der Waals surface area contributed by atoms with Gasteiger partial charge in [0.05, 0.1) is 6.54 Å². The molecular weight excluding hydrogens is 266 g/mol. The lowest BCUT2D eigenvalue weighted by atomic mass is 9.98. The Labute approximate surface area is 125 Å². The van der Waals surface area contributed by atoms with Gasteiger partial charge >= 0.3 is 0 Å². The molecule has 0 saturated carbocycles. The summed E-state index contributed by atoms with van der Waals surface area (Å²) in [6.07, 6.45) is 1.71. The van der Waals surface area contributed by atoms with Crippen LogP contribution in [0.4, 0.5) is 5.69 Å². The van der Waals surface area contributed by atoms with E-state index in [1.807, 2.05) is 6.07 Å². The molecular formula is C16H23N3O2. The minimum Gasteiger partial charge on any atom is -0.399 e. The molecule has 2 amide bonds. The highest BCUT2D eigenvalue weighted by Gasteiger charge is 2.25. The van der Waals surface area contributed by atoms with Gasteiger partial charge in [0.1, 0.15) is 0 Å². The molecule has 0 aliphatic carbocycles. The van der Waals surface area contributed by atoms with Crippen LogP contribution in [0.15, 0.2) is 18.2 Å². The van der Waals surface area contributed by atoms with Crippen LogP contribution in [0.25, 0.3) is 0 Å². The van der Waals surface area contributed by atoms with E-state index in [-0.39, 0.29) is 18.4 Å². The Morgan fingerprint density at radius 2 is 2.19 bits per heavy atom. The van der Waals surface area contributed by atoms with Crippen molar-refractivity contribution in [3.05, 3.63) is 29.3 Å². The molecule has 0 bridgehead atoms. The number of hydrogen-bond donors (Lipinski definition) is 2. The summed E-state index contributed by atoms with van der Waals surface area (Å²) in [7, 11) is 0. The molecule has 0 radical (unpaired) electrons. The van der Waals surface area contributed by atoms with Crippen LogP contribution >= 0.6 is 0 Å². The van der Waals surface area contributed by atoms with Crippen LogP contribution in [0.3, 0.4) is 0 Å². The second-order valence-electron chi connectivity index (χ2n) is 5.93. The molecule has 0 atom stereocenters. The van der Waals surface area contributed by atoms with Gasteiger partial charge in [-0.1, -0.05) is 19.9 Å². The van der Waals surface area contributed by atoms with Crippen molar-refractivity contribution < 1.29 is 9.59 Å². The number of amides is 2. The number of fused-ring (bicyclic) bond motifs is 1. The lowest BCUT2D eigenvalue weighted by molar-refractivity contribution is -0.121. The van der Waals surface area contributed by atoms with Gasteiger partial charge in [0.15, 0.2) is 0 Å². The predicted molar refractivity (Wildman–Crippen MR) is 82.9 cm³/mol. The number of benzene rings is 1. The van der Waals surface area contributed by atoms with Gasteiger partial charge in [-0.25, -0.2) is 0 Å². The van der Waals surface area contributed by atoms with E-state index in [0.717, 1.165) is 18.4 Å². The summed E-state index contributed by atoms with van der Waals surface area (Å²) in [5.74, 6) is 0.343. The van der Waals surface area contributed by atoms with Gasteiger partial charge < -0.3 is 16.0 Å². The van der Waals surface area contributed by atoms with Crippen LogP contribution in [-0.2, 0) is 11.2 Å². The smallest absolute Gasteiger partial charge is 0.254 e. The van der Waals surface area contributed by atoms with Crippen LogP contribution in [0, 0.1) is 5.92 Å². The van der Waals surface area contributed by atoms with E-state index in [0.29, 0.717) is 30.3 Å². The van der Waals surface area contributed by atoms with Crippen LogP contribution in [0.5, 0.6) is 0 Å². The van der Waals surface area contributed by atoms with Crippen LogP contribution in [-0.4, -0.2) is 36.3 Å². The fourth-order valence-corrected chi connectivity index (χ4v) is 2.42. The first-order valence-electron chi connectivity index (χ1n) is 7.41. The number of nitrogens with one attached hydrogen (secondary N) is 1. The third-order valence-electron chi connectivity index (χ3n) is 3.68. The first-order valence-corrected chi connectivity index (χ1v) is 7.41. The second-order valence-corrected chi connectivity index (χ2v) is 5.93. The molecule has 1 aromatic rings. The second kappa shape index (κ2) is 6.61. The summed E-state index contributed by atoms with van der Waals surface area (Å²) < 4.78 is 0. The minimum atomic E-state index is -0.109. The lowest BCUT2D eigenvalue weighted by Crippen LogP contribution is -2.44. The van der Waals surface area contributed by atoms with Gasteiger partial charge in [0.25, 0.3) is 5.91 Å². The quantitative estimate of drug-likeness (QED) is 0.805. The van der Waals surface area contributed by atoms with Crippen molar-refractivity contribution in [3.63, 3.8) is 0 Å². The first kappa shape index (κ1) is 15.4. The van der Waals surface area contributed by atoms with E-state index < -0.39 is 0 Å². The molecule has 1 aliphatic heterocycles. The molecule has 0 saturated heterocycles. The summed E-state index contributed by atoms with van der Waals surface area (Å²) in [6.45, 7) is 5.57. The Kier molecular flexibility index (Phi) is 4.83. The largest absolute Gasteiger partial charge is 0.399 e. The van der Waals surface area contributed by atoms with Crippen molar-refractivity contribution in [2.75, 3.05) is 25.4 Å². The number of nitrogens with two attached hydrogens (primary N) is 1. The van der Waals surface area contributed by atoms with Crippen molar-refractivity contribution in [1.29, 1.82) is 0 Å². The summed E-state index contributed by atoms with van der Waals surface area (Å²) in [5.41, 5.74) is 7.94. The number of carbonyl (C=O) groups excluding carboxylic acids is 2. The van der Waals surface area contributed by atoms with Gasteiger partial charge in [-0.05, 0) is 36.5 Å². The maximum atomic E-state index is 12.4. The molecule has 0 spiro atoms. The maximum absolute atomic E-state index is 12.4. The number of anilines is 1. The zero-order chi connectivity index (χ0) is 15.4. The number of nitrogen functional groups attached to an aromatic ring is 1. The number of carbonyl (C=O) groups is 2. The third-order valence-corrected chi connectivity index (χ3v) is 3.68. The number of nitrogens with zero attached hydrogens (tertiary/aromatic N) is 1. The molecule has 1 aromatic carbocycles. The van der Waals surface area contributed by atoms with E-state index >= 15 is 0 Å². The molecule has 0 aromatic heterocycles. The standard InChI is InChI=1S/C16H23N3O2/c1-11(2)5-7-18-15(20)10-19-8-6-12-3-4-13(17)9-14(12)16(19)21/h3-4,9,11H,5-8,10,17H2,1-2H3,(H,18,20). The van der Waals surface area contributed by atoms with E-state index in [9.17, 15) is 9.59 Å². The van der Waals surface area contributed by atoms with E-state index in [1.165, 1.54) is 0 Å². The zero-order valence-corrected chi connectivity index (χ0v) is 12.7. The lowest BCUT2D eigenvalue weighted by Gasteiger charge is -2.28. The predicted octanol–water partition coefficient (Wildman–Crippen LogP) is 1.43. The Balaban J connectivity index is 1.94. The topological polar surface area (TPSA) is 75.4 Å². The average Bonchev–Trinajstić information content (AvgIpc) is 2.42. The summed E-state index contributed by atoms with van der Waals surface area (Å²) in [5, 5.41) is 2.86. The average molecular weight is 289 g/mol. The molecule has 3 N–H and O–H groups in total. The highest BCUT2D eigenvalue weighted by Crippen LogP contribution is 2.21. The van der Waals surface area contributed by atoms with Crippen LogP contribution in [0.1, 0.15) is 36.2 Å². The van der Waals surface area contributed by atoms with Gasteiger partial charge in [-0.3, -0.25) is 9.59 Å². The highest BCUT2D eigenvalue weighted by molar-refractivity contribution is 5.99. The number of rotatable bonds is 5. The third kappa shape index (κ3) is 3.97. The Hall–Kier alpha value is -2.04. The van der Waals surface area contributed by atoms with Crippen molar-refractivity contribution in [1.82, 2.24) is 10.2 Å². The SMILES string of the molecule is CC(C)CCNC(=O)CN1CCc2ccc(N)cc2C1=O. The van der Waals surface area contributed by atoms with Gasteiger partial charge in [0, 0.05) is 24.3 Å². The molecule has 0 unspecified atom stereocenters. The van der Waals surface area contributed by atoms with Gasteiger partial charge in [0.2, 0.25) is 5.91 Å². The summed E-state index contributed by atoms with van der Waals surface area (Å²) >= 11 is 0.